The number of esters is 2. The Bertz CT molecular complexity index is 1060. The number of rotatable bonds is 39. The zero-order valence-electron chi connectivity index (χ0n) is 34.4. The fourth-order valence-corrected chi connectivity index (χ4v) is 6.13. The van der Waals surface area contributed by atoms with Gasteiger partial charge in [0.05, 0.1) is 6.61 Å². The average molecular weight is 779 g/mol. The summed E-state index contributed by atoms with van der Waals surface area (Å²) in [4.78, 5) is 42.8. The van der Waals surface area contributed by atoms with Crippen molar-refractivity contribution in [1.29, 1.82) is 0 Å². The number of hydrogen-bond acceptors (Lipinski definition) is 6. The van der Waals surface area contributed by atoms with Gasteiger partial charge in [0.25, 0.3) is 0 Å². The maximum absolute atomic E-state index is 12.4. The van der Waals surface area contributed by atoms with Crippen molar-refractivity contribution < 1.29 is 37.9 Å². The Labute approximate surface area is 330 Å². The predicted molar refractivity (Wildman–Crippen MR) is 225 cm³/mol. The molecule has 1 atom stereocenters. The molecule has 2 N–H and O–H groups in total. The van der Waals surface area contributed by atoms with E-state index in [0.29, 0.717) is 19.3 Å². The fraction of sp³-hybridized carbons (Fsp3) is 0.733. The van der Waals surface area contributed by atoms with Crippen molar-refractivity contribution in [1.82, 2.24) is 0 Å². The van der Waals surface area contributed by atoms with Gasteiger partial charge in [-0.05, 0) is 77.0 Å². The van der Waals surface area contributed by atoms with Gasteiger partial charge < -0.3 is 19.3 Å². The lowest BCUT2D eigenvalue weighted by atomic mass is 10.1. The van der Waals surface area contributed by atoms with E-state index < -0.39 is 32.5 Å². The number of unbranched alkanes of at least 4 members (excludes halogenated alkanes) is 19. The largest absolute Gasteiger partial charge is 0.469 e. The number of allylic oxidation sites excluding steroid dienone is 10. The number of carbonyl (C=O) groups is 2. The van der Waals surface area contributed by atoms with Gasteiger partial charge in [0.2, 0.25) is 0 Å². The second kappa shape index (κ2) is 40.4. The van der Waals surface area contributed by atoms with Gasteiger partial charge >= 0.3 is 19.8 Å². The first-order valence-corrected chi connectivity index (χ1v) is 23.1. The summed E-state index contributed by atoms with van der Waals surface area (Å²) < 4.78 is 26.3. The normalized spacial score (nSPS) is 13.0. The smallest absolute Gasteiger partial charge is 0.462 e. The molecule has 0 rings (SSSR count). The van der Waals surface area contributed by atoms with Crippen LogP contribution >= 0.6 is 7.82 Å². The minimum Gasteiger partial charge on any atom is -0.462 e. The molecule has 0 radical (unpaired) electrons. The van der Waals surface area contributed by atoms with Crippen molar-refractivity contribution in [2.24, 2.45) is 0 Å². The molecule has 54 heavy (non-hydrogen) atoms. The standard InChI is InChI=1S/C45H79O8P/c1-3-5-7-9-11-13-15-17-19-20-21-22-23-24-26-28-30-32-34-36-38-40-45(47)53-43(42-52-54(48,49)50)41-51-44(46)39-37-35-33-31-29-27-25-18-16-14-12-10-8-6-4-2/h19-20,22-23,26-29,32,34,43H,3-18,21,24-25,30-31,33,35-42H2,1-2H3,(H2,48,49,50)/b20-19+,23-22+,28-26+,29-27+,34-32+/t43-/m1/s1. The molecule has 0 spiro atoms. The van der Waals surface area contributed by atoms with Crippen molar-refractivity contribution >= 4 is 19.8 Å². The summed E-state index contributed by atoms with van der Waals surface area (Å²) in [5.41, 5.74) is 0. The van der Waals surface area contributed by atoms with Crippen LogP contribution in [0.1, 0.15) is 194 Å². The predicted octanol–water partition coefficient (Wildman–Crippen LogP) is 13.3. The molecule has 9 heteroatoms. The molecule has 0 aliphatic heterocycles. The van der Waals surface area contributed by atoms with Gasteiger partial charge in [0.1, 0.15) is 6.61 Å². The van der Waals surface area contributed by atoms with Crippen LogP contribution < -0.4 is 0 Å². The molecule has 0 aromatic carbocycles. The molecule has 0 bridgehead atoms. The summed E-state index contributed by atoms with van der Waals surface area (Å²) in [5, 5.41) is 0. The van der Waals surface area contributed by atoms with Crippen molar-refractivity contribution in [2.75, 3.05) is 13.2 Å². The third-order valence-electron chi connectivity index (χ3n) is 9.01. The Morgan fingerprint density at radius 1 is 0.481 bits per heavy atom. The second-order valence-electron chi connectivity index (χ2n) is 14.3. The van der Waals surface area contributed by atoms with E-state index in [9.17, 15) is 14.2 Å². The van der Waals surface area contributed by atoms with Crippen LogP contribution in [0.2, 0.25) is 0 Å². The Morgan fingerprint density at radius 2 is 0.852 bits per heavy atom. The lowest BCUT2D eigenvalue weighted by Gasteiger charge is -2.18. The van der Waals surface area contributed by atoms with Crippen molar-refractivity contribution in [3.8, 4) is 0 Å². The molecular weight excluding hydrogens is 699 g/mol. The molecule has 0 saturated carbocycles. The van der Waals surface area contributed by atoms with Crippen molar-refractivity contribution in [3.63, 3.8) is 0 Å². The molecule has 0 heterocycles. The first kappa shape index (κ1) is 51.8. The monoisotopic (exact) mass is 779 g/mol. The van der Waals surface area contributed by atoms with Gasteiger partial charge in [-0.15, -0.1) is 0 Å². The SMILES string of the molecule is CCCCCCCCC/C=C/C/C=C/C/C=C/C/C=C/CCCC(=O)O[C@H](COC(=O)CCCCC/C=C/CCCCCCCCCC)COP(=O)(O)O. The Kier molecular flexibility index (Phi) is 38.7. The van der Waals surface area contributed by atoms with Gasteiger partial charge in [0.15, 0.2) is 6.10 Å². The number of carbonyl (C=O) groups excluding carboxylic acids is 2. The van der Waals surface area contributed by atoms with E-state index in [1.54, 1.807) is 0 Å². The Morgan fingerprint density at radius 3 is 1.31 bits per heavy atom. The van der Waals surface area contributed by atoms with Crippen LogP contribution in [0.5, 0.6) is 0 Å². The van der Waals surface area contributed by atoms with Crippen molar-refractivity contribution in [3.05, 3.63) is 60.8 Å². The minimum absolute atomic E-state index is 0.131. The number of ether oxygens (including phenoxy) is 2. The third kappa shape index (κ3) is 42.5. The van der Waals surface area contributed by atoms with Gasteiger partial charge in [-0.2, -0.15) is 0 Å². The molecule has 0 amide bonds. The highest BCUT2D eigenvalue weighted by molar-refractivity contribution is 7.46. The topological polar surface area (TPSA) is 119 Å². The summed E-state index contributed by atoms with van der Waals surface area (Å²) >= 11 is 0. The highest BCUT2D eigenvalue weighted by Gasteiger charge is 2.22. The van der Waals surface area contributed by atoms with Crippen LogP contribution in [0, 0.1) is 0 Å². The molecule has 0 aromatic heterocycles. The molecule has 0 aromatic rings. The summed E-state index contributed by atoms with van der Waals surface area (Å²) in [7, 11) is -4.77. The third-order valence-corrected chi connectivity index (χ3v) is 9.49. The molecule has 0 unspecified atom stereocenters. The van der Waals surface area contributed by atoms with Gasteiger partial charge in [-0.3, -0.25) is 14.1 Å². The average Bonchev–Trinajstić information content (AvgIpc) is 3.14. The molecule has 0 fully saturated rings. The summed E-state index contributed by atoms with van der Waals surface area (Å²) in [6.07, 6.45) is 51.0. The van der Waals surface area contributed by atoms with E-state index in [4.69, 9.17) is 19.3 Å². The van der Waals surface area contributed by atoms with E-state index in [1.807, 2.05) is 6.08 Å². The first-order chi connectivity index (χ1) is 26.3. The van der Waals surface area contributed by atoms with Crippen LogP contribution in [-0.2, 0) is 28.2 Å². The molecule has 312 valence electrons. The zero-order valence-corrected chi connectivity index (χ0v) is 35.2. The van der Waals surface area contributed by atoms with Gasteiger partial charge in [-0.1, -0.05) is 164 Å². The quantitative estimate of drug-likeness (QED) is 0.0274. The second-order valence-corrected chi connectivity index (χ2v) is 15.5. The van der Waals surface area contributed by atoms with Crippen LogP contribution in [0.15, 0.2) is 60.8 Å². The first-order valence-electron chi connectivity index (χ1n) is 21.6. The highest BCUT2D eigenvalue weighted by atomic mass is 31.2. The molecule has 0 aliphatic rings. The van der Waals surface area contributed by atoms with Gasteiger partial charge in [-0.25, -0.2) is 4.57 Å². The number of phosphoric acid groups is 1. The van der Waals surface area contributed by atoms with Crippen LogP contribution in [-0.4, -0.2) is 41.0 Å². The molecule has 0 aliphatic carbocycles. The fourth-order valence-electron chi connectivity index (χ4n) is 5.77. The van der Waals surface area contributed by atoms with E-state index in [2.05, 4.69) is 73.1 Å². The summed E-state index contributed by atoms with van der Waals surface area (Å²) in [5.74, 6) is -0.970. The van der Waals surface area contributed by atoms with Gasteiger partial charge in [0, 0.05) is 12.8 Å². The highest BCUT2D eigenvalue weighted by Crippen LogP contribution is 2.36. The van der Waals surface area contributed by atoms with E-state index in [-0.39, 0.29) is 19.4 Å². The van der Waals surface area contributed by atoms with Crippen LogP contribution in [0.3, 0.4) is 0 Å². The van der Waals surface area contributed by atoms with E-state index >= 15 is 0 Å². The van der Waals surface area contributed by atoms with E-state index in [1.165, 1.54) is 103 Å². The molecule has 0 saturated heterocycles. The lowest BCUT2D eigenvalue weighted by molar-refractivity contribution is -0.161. The Balaban J connectivity index is 4.04. The Hall–Kier alpha value is -2.25. The number of hydrogen-bond donors (Lipinski definition) is 2. The van der Waals surface area contributed by atoms with Crippen LogP contribution in [0.25, 0.3) is 0 Å². The maximum Gasteiger partial charge on any atom is 0.469 e. The van der Waals surface area contributed by atoms with Crippen LogP contribution in [0.4, 0.5) is 0 Å². The number of phosphoric ester groups is 1. The molecule has 8 nitrogen and oxygen atoms in total. The van der Waals surface area contributed by atoms with E-state index in [0.717, 1.165) is 44.9 Å². The molecular formula is C45H79O8P. The minimum atomic E-state index is -4.77. The summed E-state index contributed by atoms with van der Waals surface area (Å²) in [6.45, 7) is 3.62. The zero-order chi connectivity index (χ0) is 39.6. The van der Waals surface area contributed by atoms with Crippen molar-refractivity contribution in [2.45, 2.75) is 200 Å². The lowest BCUT2D eigenvalue weighted by Crippen LogP contribution is -2.29. The summed E-state index contributed by atoms with van der Waals surface area (Å²) in [6, 6.07) is 0. The maximum atomic E-state index is 12.4.